The lowest BCUT2D eigenvalue weighted by Crippen LogP contribution is -2.00. The predicted octanol–water partition coefficient (Wildman–Crippen LogP) is 3.47. The summed E-state index contributed by atoms with van der Waals surface area (Å²) < 4.78 is 0. The van der Waals surface area contributed by atoms with E-state index >= 15 is 0 Å². The maximum Gasteiger partial charge on any atom is 0.104 e. The Morgan fingerprint density at radius 3 is 1.61 bits per heavy atom. The molecule has 2 heteroatoms. The lowest BCUT2D eigenvalue weighted by molar-refractivity contribution is 0.220. The van der Waals surface area contributed by atoms with Crippen molar-refractivity contribution in [2.75, 3.05) is 5.73 Å². The molecule has 0 aromatic heterocycles. The van der Waals surface area contributed by atoms with Gasteiger partial charge in [-0.2, -0.15) is 0 Å². The van der Waals surface area contributed by atoms with Gasteiger partial charge >= 0.3 is 0 Å². The first-order valence-electron chi connectivity index (χ1n) is 6.21. The normalized spacial score (nSPS) is 12.7. The van der Waals surface area contributed by atoms with E-state index in [2.05, 4.69) is 26.0 Å². The summed E-state index contributed by atoms with van der Waals surface area (Å²) in [6, 6.07) is 15.4. The molecule has 18 heavy (non-hydrogen) atoms. The molecule has 3 N–H and O–H groups in total. The third-order valence-corrected chi connectivity index (χ3v) is 3.17. The van der Waals surface area contributed by atoms with Gasteiger partial charge in [-0.1, -0.05) is 50.2 Å². The first kappa shape index (κ1) is 12.7. The molecular formula is C16H19NO. The molecule has 1 atom stereocenters. The Bertz CT molecular complexity index is 500. The maximum absolute atomic E-state index is 10.3. The summed E-state index contributed by atoms with van der Waals surface area (Å²) >= 11 is 0. The van der Waals surface area contributed by atoms with E-state index in [0.717, 1.165) is 11.1 Å². The molecule has 0 heterocycles. The van der Waals surface area contributed by atoms with Crippen molar-refractivity contribution >= 4 is 5.69 Å². The number of hydrogen-bond acceptors (Lipinski definition) is 2. The van der Waals surface area contributed by atoms with E-state index in [4.69, 9.17) is 5.73 Å². The van der Waals surface area contributed by atoms with Crippen LogP contribution >= 0.6 is 0 Å². The molecule has 0 aliphatic heterocycles. The van der Waals surface area contributed by atoms with Crippen LogP contribution in [0.3, 0.4) is 0 Å². The van der Waals surface area contributed by atoms with Crippen LogP contribution in [0, 0.1) is 0 Å². The zero-order valence-corrected chi connectivity index (χ0v) is 10.8. The van der Waals surface area contributed by atoms with Crippen molar-refractivity contribution in [1.29, 1.82) is 0 Å². The van der Waals surface area contributed by atoms with E-state index in [1.54, 1.807) is 12.1 Å². The van der Waals surface area contributed by atoms with Crippen molar-refractivity contribution in [3.8, 4) is 0 Å². The predicted molar refractivity (Wildman–Crippen MR) is 75.4 cm³/mol. The third-order valence-electron chi connectivity index (χ3n) is 3.17. The van der Waals surface area contributed by atoms with Crippen LogP contribution in [0.1, 0.15) is 42.6 Å². The second-order valence-electron chi connectivity index (χ2n) is 4.89. The highest BCUT2D eigenvalue weighted by Gasteiger charge is 2.10. The number of anilines is 1. The van der Waals surface area contributed by atoms with E-state index in [1.807, 2.05) is 24.3 Å². The van der Waals surface area contributed by atoms with Gasteiger partial charge in [0.25, 0.3) is 0 Å². The first-order chi connectivity index (χ1) is 8.58. The fourth-order valence-corrected chi connectivity index (χ4v) is 1.93. The molecule has 0 saturated carbocycles. The summed E-state index contributed by atoms with van der Waals surface area (Å²) in [6.45, 7) is 4.32. The van der Waals surface area contributed by atoms with E-state index in [-0.39, 0.29) is 0 Å². The Morgan fingerprint density at radius 2 is 1.17 bits per heavy atom. The van der Waals surface area contributed by atoms with Gasteiger partial charge in [0, 0.05) is 5.69 Å². The second-order valence-corrected chi connectivity index (χ2v) is 4.89. The molecule has 0 aliphatic rings. The van der Waals surface area contributed by atoms with Gasteiger partial charge in [0.1, 0.15) is 6.10 Å². The third kappa shape index (κ3) is 2.71. The van der Waals surface area contributed by atoms with Gasteiger partial charge in [-0.3, -0.25) is 0 Å². The van der Waals surface area contributed by atoms with Crippen LogP contribution in [-0.4, -0.2) is 5.11 Å². The van der Waals surface area contributed by atoms with Crippen LogP contribution in [0.4, 0.5) is 5.69 Å². The molecule has 2 nitrogen and oxygen atoms in total. The molecule has 0 fully saturated rings. The Kier molecular flexibility index (Phi) is 3.68. The lowest BCUT2D eigenvalue weighted by Gasteiger charge is -2.13. The second kappa shape index (κ2) is 5.23. The highest BCUT2D eigenvalue weighted by molar-refractivity contribution is 5.42. The minimum Gasteiger partial charge on any atom is -0.399 e. The summed E-state index contributed by atoms with van der Waals surface area (Å²) in [5.74, 6) is 0.507. The topological polar surface area (TPSA) is 46.2 Å². The summed E-state index contributed by atoms with van der Waals surface area (Å²) in [7, 11) is 0. The number of nitrogens with two attached hydrogens (primary N) is 1. The van der Waals surface area contributed by atoms with Crippen molar-refractivity contribution in [3.63, 3.8) is 0 Å². The average Bonchev–Trinajstić information content (AvgIpc) is 2.39. The number of aliphatic hydroxyl groups excluding tert-OH is 1. The number of hydrogen-bond donors (Lipinski definition) is 2. The lowest BCUT2D eigenvalue weighted by atomic mass is 9.97. The molecule has 2 aromatic carbocycles. The Hall–Kier alpha value is -1.80. The maximum atomic E-state index is 10.3. The standard InChI is InChI=1S/C16H19NO/c1-11(2)12-3-5-13(6-4-12)16(18)14-7-9-15(17)10-8-14/h3-11,16,18H,17H2,1-2H3/t16-/m0/s1. The van der Waals surface area contributed by atoms with Crippen LogP contribution in [-0.2, 0) is 0 Å². The SMILES string of the molecule is CC(C)c1ccc([C@H](O)c2ccc(N)cc2)cc1. The van der Waals surface area contributed by atoms with Crippen molar-refractivity contribution in [2.45, 2.75) is 25.9 Å². The zero-order valence-electron chi connectivity index (χ0n) is 10.8. The molecule has 0 saturated heterocycles. The van der Waals surface area contributed by atoms with Crippen LogP contribution in [0.25, 0.3) is 0 Å². The first-order valence-corrected chi connectivity index (χ1v) is 6.21. The molecule has 0 spiro atoms. The van der Waals surface area contributed by atoms with Gasteiger partial charge in [0.15, 0.2) is 0 Å². The minimum absolute atomic E-state index is 0.507. The van der Waals surface area contributed by atoms with Gasteiger partial charge in [0.2, 0.25) is 0 Å². The molecule has 0 amide bonds. The molecule has 0 bridgehead atoms. The number of nitrogen functional groups attached to an aromatic ring is 1. The Morgan fingerprint density at radius 1 is 0.778 bits per heavy atom. The highest BCUT2D eigenvalue weighted by Crippen LogP contribution is 2.24. The number of benzene rings is 2. The molecule has 0 aliphatic carbocycles. The summed E-state index contributed by atoms with van der Waals surface area (Å²) in [4.78, 5) is 0. The van der Waals surface area contributed by atoms with Crippen LogP contribution < -0.4 is 5.73 Å². The molecule has 2 rings (SSSR count). The van der Waals surface area contributed by atoms with Crippen LogP contribution in [0.5, 0.6) is 0 Å². The van der Waals surface area contributed by atoms with Crippen LogP contribution in [0.15, 0.2) is 48.5 Å². The van der Waals surface area contributed by atoms with Gasteiger partial charge in [-0.05, 0) is 34.7 Å². The number of rotatable bonds is 3. The minimum atomic E-state index is -0.591. The fraction of sp³-hybridized carbons (Fsp3) is 0.250. The van der Waals surface area contributed by atoms with E-state index in [9.17, 15) is 5.11 Å². The van der Waals surface area contributed by atoms with Gasteiger partial charge in [-0.25, -0.2) is 0 Å². The van der Waals surface area contributed by atoms with Crippen LogP contribution in [0.2, 0.25) is 0 Å². The monoisotopic (exact) mass is 241 g/mol. The van der Waals surface area contributed by atoms with Gasteiger partial charge < -0.3 is 10.8 Å². The Labute approximate surface area is 108 Å². The largest absolute Gasteiger partial charge is 0.399 e. The van der Waals surface area contributed by atoms with Crippen molar-refractivity contribution in [1.82, 2.24) is 0 Å². The Balaban J connectivity index is 2.23. The smallest absolute Gasteiger partial charge is 0.104 e. The van der Waals surface area contributed by atoms with E-state index in [1.165, 1.54) is 5.56 Å². The molecular weight excluding hydrogens is 222 g/mol. The summed E-state index contributed by atoms with van der Waals surface area (Å²) in [5, 5.41) is 10.3. The van der Waals surface area contributed by atoms with Crippen molar-refractivity contribution in [2.24, 2.45) is 0 Å². The van der Waals surface area contributed by atoms with E-state index in [0.29, 0.717) is 11.6 Å². The summed E-state index contributed by atoms with van der Waals surface area (Å²) in [5.41, 5.74) is 9.40. The summed E-state index contributed by atoms with van der Waals surface area (Å²) in [6.07, 6.45) is -0.591. The van der Waals surface area contributed by atoms with Gasteiger partial charge in [0.05, 0.1) is 0 Å². The fourth-order valence-electron chi connectivity index (χ4n) is 1.93. The number of aliphatic hydroxyl groups is 1. The zero-order chi connectivity index (χ0) is 13.1. The van der Waals surface area contributed by atoms with Crippen molar-refractivity contribution < 1.29 is 5.11 Å². The average molecular weight is 241 g/mol. The molecule has 0 unspecified atom stereocenters. The molecule has 94 valence electrons. The van der Waals surface area contributed by atoms with E-state index < -0.39 is 6.10 Å². The molecule has 0 radical (unpaired) electrons. The quantitative estimate of drug-likeness (QED) is 0.808. The highest BCUT2D eigenvalue weighted by atomic mass is 16.3. The van der Waals surface area contributed by atoms with Crippen molar-refractivity contribution in [3.05, 3.63) is 65.2 Å². The molecule has 2 aromatic rings. The van der Waals surface area contributed by atoms with Gasteiger partial charge in [-0.15, -0.1) is 0 Å².